The summed E-state index contributed by atoms with van der Waals surface area (Å²) >= 11 is 2.54. The predicted octanol–water partition coefficient (Wildman–Crippen LogP) is 4.76. The minimum Gasteiger partial charge on any atom is -0.185 e. The molecular weight excluding hydrogens is 272 g/mol. The van der Waals surface area contributed by atoms with E-state index in [9.17, 15) is 0 Å². The number of thioether (sulfide) groups is 2. The minimum atomic E-state index is -0.260. The van der Waals surface area contributed by atoms with Crippen molar-refractivity contribution in [3.05, 3.63) is 35.9 Å². The standard InChI is InChI=1S/C15H18N2S2/c1-14(2,18-10-16)13(15(3,4)19-11-17)12-8-6-5-7-9-12/h5-9,13H,1-4H3. The first-order valence-corrected chi connectivity index (χ1v) is 7.67. The number of nitrogens with zero attached hydrogens (tertiary/aromatic N) is 2. The Bertz CT molecular complexity index is 467. The fourth-order valence-electron chi connectivity index (χ4n) is 2.64. The maximum atomic E-state index is 9.03. The van der Waals surface area contributed by atoms with E-state index in [0.29, 0.717) is 0 Å². The summed E-state index contributed by atoms with van der Waals surface area (Å²) in [6, 6.07) is 10.1. The lowest BCUT2D eigenvalue weighted by Crippen LogP contribution is -2.39. The molecule has 0 saturated carbocycles. The molecule has 0 aliphatic heterocycles. The third kappa shape index (κ3) is 3.93. The molecule has 4 heteroatoms. The van der Waals surface area contributed by atoms with Gasteiger partial charge in [0.1, 0.15) is 10.8 Å². The van der Waals surface area contributed by atoms with Gasteiger partial charge in [0.15, 0.2) is 0 Å². The van der Waals surface area contributed by atoms with Crippen LogP contribution in [0.25, 0.3) is 0 Å². The van der Waals surface area contributed by atoms with Crippen molar-refractivity contribution in [1.29, 1.82) is 10.5 Å². The molecule has 0 aliphatic carbocycles. The molecule has 0 aliphatic rings. The number of nitriles is 2. The Morgan fingerprint density at radius 3 is 1.68 bits per heavy atom. The summed E-state index contributed by atoms with van der Waals surface area (Å²) in [5.41, 5.74) is 1.17. The average Bonchev–Trinajstić information content (AvgIpc) is 2.29. The number of thiocyanates is 2. The van der Waals surface area contributed by atoms with Gasteiger partial charge >= 0.3 is 0 Å². The van der Waals surface area contributed by atoms with Crippen LogP contribution in [-0.2, 0) is 0 Å². The first-order chi connectivity index (χ1) is 8.85. The molecule has 0 aromatic heterocycles. The van der Waals surface area contributed by atoms with Gasteiger partial charge in [0, 0.05) is 15.4 Å². The van der Waals surface area contributed by atoms with Gasteiger partial charge < -0.3 is 0 Å². The van der Waals surface area contributed by atoms with Crippen molar-refractivity contribution in [2.45, 2.75) is 43.1 Å². The molecular formula is C15H18N2S2. The Kier molecular flexibility index (Phi) is 5.35. The molecule has 0 atom stereocenters. The van der Waals surface area contributed by atoms with E-state index >= 15 is 0 Å². The van der Waals surface area contributed by atoms with Gasteiger partial charge in [0.05, 0.1) is 0 Å². The first kappa shape index (κ1) is 16.0. The molecule has 19 heavy (non-hydrogen) atoms. The van der Waals surface area contributed by atoms with Crippen LogP contribution in [-0.4, -0.2) is 9.49 Å². The molecule has 0 radical (unpaired) electrons. The second-order valence-corrected chi connectivity index (χ2v) is 8.32. The fourth-order valence-corrected chi connectivity index (χ4v) is 4.28. The lowest BCUT2D eigenvalue weighted by atomic mass is 9.79. The van der Waals surface area contributed by atoms with E-state index in [4.69, 9.17) is 10.5 Å². The molecule has 1 aromatic carbocycles. The number of rotatable bonds is 5. The summed E-state index contributed by atoms with van der Waals surface area (Å²) in [6.45, 7) is 8.27. The zero-order valence-electron chi connectivity index (χ0n) is 11.7. The Hall–Kier alpha value is -1.10. The SMILES string of the molecule is CC(C)(SC#N)C(c1ccccc1)C(C)(C)SC#N. The summed E-state index contributed by atoms with van der Waals surface area (Å²) in [5.74, 6) is 0.107. The molecule has 0 bridgehead atoms. The van der Waals surface area contributed by atoms with Crippen LogP contribution in [0.3, 0.4) is 0 Å². The van der Waals surface area contributed by atoms with E-state index in [0.717, 1.165) is 0 Å². The van der Waals surface area contributed by atoms with Crippen LogP contribution < -0.4 is 0 Å². The highest BCUT2D eigenvalue weighted by Crippen LogP contribution is 2.50. The Balaban J connectivity index is 3.28. The Morgan fingerprint density at radius 1 is 0.895 bits per heavy atom. The molecule has 0 saturated heterocycles. The zero-order valence-corrected chi connectivity index (χ0v) is 13.3. The zero-order chi connectivity index (χ0) is 14.5. The van der Waals surface area contributed by atoms with Crippen molar-refractivity contribution >= 4 is 23.5 Å². The Morgan fingerprint density at radius 2 is 1.32 bits per heavy atom. The topological polar surface area (TPSA) is 47.6 Å². The highest BCUT2D eigenvalue weighted by Gasteiger charge is 2.43. The molecule has 0 spiro atoms. The highest BCUT2D eigenvalue weighted by molar-refractivity contribution is 8.06. The summed E-state index contributed by atoms with van der Waals surface area (Å²) in [7, 11) is 0. The van der Waals surface area contributed by atoms with Crippen LogP contribution in [0.15, 0.2) is 30.3 Å². The van der Waals surface area contributed by atoms with Crippen LogP contribution in [0.5, 0.6) is 0 Å². The minimum absolute atomic E-state index is 0.107. The highest BCUT2D eigenvalue weighted by atomic mass is 32.2. The van der Waals surface area contributed by atoms with Crippen molar-refractivity contribution in [3.8, 4) is 10.8 Å². The molecule has 2 nitrogen and oxygen atoms in total. The molecule has 0 unspecified atom stereocenters. The van der Waals surface area contributed by atoms with Gasteiger partial charge in [0.2, 0.25) is 0 Å². The van der Waals surface area contributed by atoms with Gasteiger partial charge in [-0.2, -0.15) is 10.5 Å². The molecule has 0 N–H and O–H groups in total. The summed E-state index contributed by atoms with van der Waals surface area (Å²) in [5, 5.41) is 22.5. The third-order valence-corrected chi connectivity index (χ3v) is 4.85. The van der Waals surface area contributed by atoms with Gasteiger partial charge in [-0.15, -0.1) is 0 Å². The maximum Gasteiger partial charge on any atom is 0.133 e. The van der Waals surface area contributed by atoms with Crippen molar-refractivity contribution < 1.29 is 0 Å². The second-order valence-electron chi connectivity index (χ2n) is 5.44. The van der Waals surface area contributed by atoms with Gasteiger partial charge in [-0.05, 0) is 56.8 Å². The van der Waals surface area contributed by atoms with Crippen LogP contribution in [0.4, 0.5) is 0 Å². The van der Waals surface area contributed by atoms with Gasteiger partial charge in [-0.25, -0.2) is 0 Å². The van der Waals surface area contributed by atoms with E-state index in [1.807, 2.05) is 18.2 Å². The van der Waals surface area contributed by atoms with Gasteiger partial charge in [0.25, 0.3) is 0 Å². The lowest BCUT2D eigenvalue weighted by molar-refractivity contribution is 0.456. The monoisotopic (exact) mass is 290 g/mol. The average molecular weight is 290 g/mol. The fraction of sp³-hybridized carbons (Fsp3) is 0.467. The summed E-state index contributed by atoms with van der Waals surface area (Å²) in [4.78, 5) is 0. The molecule has 0 amide bonds. The third-order valence-electron chi connectivity index (χ3n) is 3.14. The van der Waals surface area contributed by atoms with Crippen LogP contribution in [0, 0.1) is 21.3 Å². The molecule has 100 valence electrons. The van der Waals surface area contributed by atoms with E-state index < -0.39 is 0 Å². The van der Waals surface area contributed by atoms with E-state index in [2.05, 4.69) is 50.6 Å². The molecule has 0 heterocycles. The van der Waals surface area contributed by atoms with E-state index in [1.165, 1.54) is 29.1 Å². The van der Waals surface area contributed by atoms with Crippen molar-refractivity contribution in [1.82, 2.24) is 0 Å². The van der Waals surface area contributed by atoms with E-state index in [-0.39, 0.29) is 15.4 Å². The molecule has 0 fully saturated rings. The smallest absolute Gasteiger partial charge is 0.133 e. The number of benzene rings is 1. The van der Waals surface area contributed by atoms with E-state index in [1.54, 1.807) is 0 Å². The maximum absolute atomic E-state index is 9.03. The van der Waals surface area contributed by atoms with Crippen LogP contribution in [0.1, 0.15) is 39.2 Å². The normalized spacial score (nSPS) is 11.9. The van der Waals surface area contributed by atoms with Crippen molar-refractivity contribution in [3.63, 3.8) is 0 Å². The summed E-state index contributed by atoms with van der Waals surface area (Å²) < 4.78 is -0.521. The van der Waals surface area contributed by atoms with Gasteiger partial charge in [-0.1, -0.05) is 30.3 Å². The number of hydrogen-bond donors (Lipinski definition) is 0. The Labute approximate surface area is 124 Å². The van der Waals surface area contributed by atoms with Crippen molar-refractivity contribution in [2.75, 3.05) is 0 Å². The molecule has 1 aromatic rings. The lowest BCUT2D eigenvalue weighted by Gasteiger charge is -2.41. The van der Waals surface area contributed by atoms with Gasteiger partial charge in [-0.3, -0.25) is 0 Å². The largest absolute Gasteiger partial charge is 0.185 e. The predicted molar refractivity (Wildman–Crippen MR) is 83.7 cm³/mol. The summed E-state index contributed by atoms with van der Waals surface area (Å²) in [6.07, 6.45) is 0. The van der Waals surface area contributed by atoms with Crippen LogP contribution >= 0.6 is 23.5 Å². The second kappa shape index (κ2) is 6.37. The number of hydrogen-bond acceptors (Lipinski definition) is 4. The quantitative estimate of drug-likeness (QED) is 0.734. The van der Waals surface area contributed by atoms with Crippen LogP contribution in [0.2, 0.25) is 0 Å². The first-order valence-electron chi connectivity index (χ1n) is 6.04. The van der Waals surface area contributed by atoms with Crippen molar-refractivity contribution in [2.24, 2.45) is 0 Å². The molecule has 1 rings (SSSR count).